The lowest BCUT2D eigenvalue weighted by Gasteiger charge is -2.07. The monoisotopic (exact) mass is 284 g/mol. The van der Waals surface area contributed by atoms with E-state index in [9.17, 15) is 4.79 Å². The maximum absolute atomic E-state index is 10.7. The first-order valence-electron chi connectivity index (χ1n) is 5.65. The van der Waals surface area contributed by atoms with Crippen molar-refractivity contribution in [3.05, 3.63) is 28.2 Å². The Morgan fingerprint density at radius 1 is 1.31 bits per heavy atom. The number of aldehydes is 1. The van der Waals surface area contributed by atoms with Crippen molar-refractivity contribution in [3.63, 3.8) is 0 Å². The Morgan fingerprint density at radius 3 is 2.81 bits per heavy atom. The lowest BCUT2D eigenvalue weighted by atomic mass is 10.2. The molecule has 1 aromatic rings. The van der Waals surface area contributed by atoms with Gasteiger partial charge in [-0.25, -0.2) is 0 Å². The Morgan fingerprint density at radius 2 is 2.12 bits per heavy atom. The van der Waals surface area contributed by atoms with E-state index >= 15 is 0 Å². The largest absolute Gasteiger partial charge is 0.494 e. The second-order valence-corrected chi connectivity index (χ2v) is 4.56. The van der Waals surface area contributed by atoms with E-state index in [1.54, 1.807) is 6.07 Å². The molecule has 0 saturated carbocycles. The average Bonchev–Trinajstić information content (AvgIpc) is 2.31. The molecule has 0 saturated heterocycles. The van der Waals surface area contributed by atoms with Crippen LogP contribution in [0.15, 0.2) is 22.7 Å². The maximum atomic E-state index is 10.7. The first-order valence-corrected chi connectivity index (χ1v) is 6.44. The molecule has 16 heavy (non-hydrogen) atoms. The third kappa shape index (κ3) is 4.35. The molecular formula is C13H17BrO2. The van der Waals surface area contributed by atoms with E-state index in [0.29, 0.717) is 5.56 Å². The first-order chi connectivity index (χ1) is 7.77. The van der Waals surface area contributed by atoms with Gasteiger partial charge in [-0.15, -0.1) is 0 Å². The Hall–Kier alpha value is -0.830. The second-order valence-electron chi connectivity index (χ2n) is 3.71. The number of hydrogen-bond acceptors (Lipinski definition) is 2. The van der Waals surface area contributed by atoms with Crippen molar-refractivity contribution in [1.29, 1.82) is 0 Å². The molecule has 88 valence electrons. The zero-order valence-electron chi connectivity index (χ0n) is 9.54. The summed E-state index contributed by atoms with van der Waals surface area (Å²) in [4.78, 5) is 10.7. The minimum atomic E-state index is 0.631. The van der Waals surface area contributed by atoms with Gasteiger partial charge in [0.05, 0.1) is 6.61 Å². The van der Waals surface area contributed by atoms with Crippen LogP contribution in [-0.2, 0) is 0 Å². The van der Waals surface area contributed by atoms with Gasteiger partial charge in [0, 0.05) is 10.0 Å². The van der Waals surface area contributed by atoms with E-state index in [0.717, 1.165) is 29.5 Å². The third-order valence-corrected chi connectivity index (χ3v) is 3.08. The highest BCUT2D eigenvalue weighted by Gasteiger charge is 2.01. The second kappa shape index (κ2) is 7.44. The molecule has 1 aromatic carbocycles. The van der Waals surface area contributed by atoms with Gasteiger partial charge in [-0.05, 0) is 24.6 Å². The van der Waals surface area contributed by atoms with E-state index in [1.165, 1.54) is 19.3 Å². The van der Waals surface area contributed by atoms with Crippen molar-refractivity contribution in [3.8, 4) is 5.75 Å². The van der Waals surface area contributed by atoms with Gasteiger partial charge in [0.25, 0.3) is 0 Å². The fraction of sp³-hybridized carbons (Fsp3) is 0.462. The summed E-state index contributed by atoms with van der Waals surface area (Å²) in [6.45, 7) is 2.91. The van der Waals surface area contributed by atoms with Crippen LogP contribution in [0.25, 0.3) is 0 Å². The highest BCUT2D eigenvalue weighted by atomic mass is 79.9. The number of halogens is 1. The van der Waals surface area contributed by atoms with Crippen molar-refractivity contribution in [1.82, 2.24) is 0 Å². The smallest absolute Gasteiger partial charge is 0.151 e. The molecule has 0 radical (unpaired) electrons. The number of ether oxygens (including phenoxy) is 1. The molecule has 0 aliphatic rings. The SMILES string of the molecule is CCCCCCOc1ccc(Br)c(C=O)c1. The Labute approximate surface area is 105 Å². The van der Waals surface area contributed by atoms with Crippen molar-refractivity contribution >= 4 is 22.2 Å². The molecule has 0 spiro atoms. The van der Waals surface area contributed by atoms with Gasteiger partial charge >= 0.3 is 0 Å². The van der Waals surface area contributed by atoms with Gasteiger partial charge in [0.1, 0.15) is 5.75 Å². The van der Waals surface area contributed by atoms with Crippen LogP contribution in [0.2, 0.25) is 0 Å². The normalized spacial score (nSPS) is 10.1. The van der Waals surface area contributed by atoms with Crippen molar-refractivity contribution in [2.75, 3.05) is 6.61 Å². The number of rotatable bonds is 7. The molecule has 0 bridgehead atoms. The van der Waals surface area contributed by atoms with Gasteiger partial charge in [-0.3, -0.25) is 4.79 Å². The fourth-order valence-corrected chi connectivity index (χ4v) is 1.76. The molecular weight excluding hydrogens is 268 g/mol. The highest BCUT2D eigenvalue weighted by molar-refractivity contribution is 9.10. The number of benzene rings is 1. The quantitative estimate of drug-likeness (QED) is 0.554. The Bertz CT molecular complexity index is 337. The minimum Gasteiger partial charge on any atom is -0.494 e. The molecule has 0 unspecified atom stereocenters. The average molecular weight is 285 g/mol. The highest BCUT2D eigenvalue weighted by Crippen LogP contribution is 2.21. The Kier molecular flexibility index (Phi) is 6.16. The summed E-state index contributed by atoms with van der Waals surface area (Å²) in [5.74, 6) is 0.766. The number of carbonyl (C=O) groups excluding carboxylic acids is 1. The van der Waals surface area contributed by atoms with Crippen molar-refractivity contribution in [2.45, 2.75) is 32.6 Å². The van der Waals surface area contributed by atoms with Crippen LogP contribution >= 0.6 is 15.9 Å². The van der Waals surface area contributed by atoms with Gasteiger partial charge < -0.3 is 4.74 Å². The van der Waals surface area contributed by atoms with Crippen LogP contribution in [0, 0.1) is 0 Å². The van der Waals surface area contributed by atoms with Crippen molar-refractivity contribution in [2.24, 2.45) is 0 Å². The van der Waals surface area contributed by atoms with Crippen LogP contribution in [-0.4, -0.2) is 12.9 Å². The number of carbonyl (C=O) groups is 1. The molecule has 0 N–H and O–H groups in total. The maximum Gasteiger partial charge on any atom is 0.151 e. The molecule has 0 amide bonds. The van der Waals surface area contributed by atoms with Crippen LogP contribution < -0.4 is 4.74 Å². The summed E-state index contributed by atoms with van der Waals surface area (Å²) in [5.41, 5.74) is 0.631. The minimum absolute atomic E-state index is 0.631. The molecule has 0 aromatic heterocycles. The number of hydrogen-bond donors (Lipinski definition) is 0. The lowest BCUT2D eigenvalue weighted by molar-refractivity contribution is 0.112. The molecule has 2 nitrogen and oxygen atoms in total. The summed E-state index contributed by atoms with van der Waals surface area (Å²) in [7, 11) is 0. The van der Waals surface area contributed by atoms with Gasteiger partial charge in [-0.2, -0.15) is 0 Å². The summed E-state index contributed by atoms with van der Waals surface area (Å²) >= 11 is 3.31. The molecule has 0 fully saturated rings. The summed E-state index contributed by atoms with van der Waals surface area (Å²) in [6.07, 6.45) is 5.58. The summed E-state index contributed by atoms with van der Waals surface area (Å²) in [6, 6.07) is 5.47. The van der Waals surface area contributed by atoms with Crippen LogP contribution in [0.5, 0.6) is 5.75 Å². The summed E-state index contributed by atoms with van der Waals surface area (Å²) in [5, 5.41) is 0. The van der Waals surface area contributed by atoms with E-state index < -0.39 is 0 Å². The summed E-state index contributed by atoms with van der Waals surface area (Å²) < 4.78 is 6.38. The lowest BCUT2D eigenvalue weighted by Crippen LogP contribution is -1.98. The van der Waals surface area contributed by atoms with Crippen molar-refractivity contribution < 1.29 is 9.53 Å². The van der Waals surface area contributed by atoms with Crippen LogP contribution in [0.1, 0.15) is 43.0 Å². The van der Waals surface area contributed by atoms with Gasteiger partial charge in [0.15, 0.2) is 6.29 Å². The van der Waals surface area contributed by atoms with Crippen LogP contribution in [0.3, 0.4) is 0 Å². The first kappa shape index (κ1) is 13.2. The predicted octanol–water partition coefficient (Wildman–Crippen LogP) is 4.22. The molecule has 0 heterocycles. The third-order valence-electron chi connectivity index (χ3n) is 2.36. The number of unbranched alkanes of at least 4 members (excludes halogenated alkanes) is 3. The molecule has 0 aliphatic carbocycles. The zero-order valence-corrected chi connectivity index (χ0v) is 11.1. The molecule has 0 atom stereocenters. The fourth-order valence-electron chi connectivity index (χ4n) is 1.42. The molecule has 1 rings (SSSR count). The van der Waals surface area contributed by atoms with E-state index in [2.05, 4.69) is 22.9 Å². The van der Waals surface area contributed by atoms with Crippen LogP contribution in [0.4, 0.5) is 0 Å². The topological polar surface area (TPSA) is 26.3 Å². The van der Waals surface area contributed by atoms with E-state index in [1.807, 2.05) is 12.1 Å². The van der Waals surface area contributed by atoms with E-state index in [4.69, 9.17) is 4.74 Å². The molecule has 0 aliphatic heterocycles. The van der Waals surface area contributed by atoms with Gasteiger partial charge in [0.2, 0.25) is 0 Å². The standard InChI is InChI=1S/C13H17BrO2/c1-2-3-4-5-8-16-12-6-7-13(14)11(9-12)10-15/h6-7,9-10H,2-5,8H2,1H3. The van der Waals surface area contributed by atoms with E-state index in [-0.39, 0.29) is 0 Å². The van der Waals surface area contributed by atoms with Gasteiger partial charge in [-0.1, -0.05) is 42.1 Å². The molecule has 3 heteroatoms. The zero-order chi connectivity index (χ0) is 11.8. The Balaban J connectivity index is 2.39. The predicted molar refractivity (Wildman–Crippen MR) is 69.2 cm³/mol.